The first-order valence-electron chi connectivity index (χ1n) is 8.98. The minimum atomic E-state index is -0.828. The Morgan fingerprint density at radius 3 is 2.47 bits per heavy atom. The minimum Gasteiger partial charge on any atom is -0.298 e. The number of carbonyl (C=O) groups is 3. The van der Waals surface area contributed by atoms with Gasteiger partial charge < -0.3 is 0 Å². The summed E-state index contributed by atoms with van der Waals surface area (Å²) >= 11 is 8.56. The Morgan fingerprint density at radius 2 is 1.77 bits per heavy atom. The number of amides is 3. The molecule has 2 aliphatic heterocycles. The minimum absolute atomic E-state index is 0.0192. The van der Waals surface area contributed by atoms with Gasteiger partial charge in [0, 0.05) is 4.47 Å². The molecule has 3 amide bonds. The van der Waals surface area contributed by atoms with Crippen molar-refractivity contribution in [2.24, 2.45) is 11.0 Å². The summed E-state index contributed by atoms with van der Waals surface area (Å²) in [6, 6.07) is 15.9. The molecular weight excluding hydrogens is 468 g/mol. The second-order valence-electron chi connectivity index (χ2n) is 6.66. The number of hydrazone groups is 1. The lowest BCUT2D eigenvalue weighted by Gasteiger charge is -2.29. The van der Waals surface area contributed by atoms with E-state index in [1.807, 2.05) is 12.1 Å². The second-order valence-corrected chi connectivity index (χ2v) is 7.97. The lowest BCUT2D eigenvalue weighted by molar-refractivity contribution is -0.122. The van der Waals surface area contributed by atoms with Crippen LogP contribution in [-0.4, -0.2) is 28.5 Å². The summed E-state index contributed by atoms with van der Waals surface area (Å²) in [5.74, 6) is -2.41. The summed E-state index contributed by atoms with van der Waals surface area (Å²) in [5.41, 5.74) is 1.43. The van der Waals surface area contributed by atoms with Crippen LogP contribution in [0.2, 0.25) is 0 Å². The molecule has 1 atom stereocenters. The second kappa shape index (κ2) is 7.92. The number of thiocarbonyl (C=S) groups is 1. The van der Waals surface area contributed by atoms with E-state index < -0.39 is 17.7 Å². The van der Waals surface area contributed by atoms with E-state index >= 15 is 0 Å². The van der Waals surface area contributed by atoms with Gasteiger partial charge in [0.2, 0.25) is 0 Å². The summed E-state index contributed by atoms with van der Waals surface area (Å²) in [5, 5.41) is 8.09. The highest BCUT2D eigenvalue weighted by Crippen LogP contribution is 2.28. The van der Waals surface area contributed by atoms with Crippen LogP contribution in [-0.2, 0) is 14.4 Å². The van der Waals surface area contributed by atoms with Crippen LogP contribution < -0.4 is 15.2 Å². The Balaban J connectivity index is 1.68. The van der Waals surface area contributed by atoms with Gasteiger partial charge in [0.25, 0.3) is 17.7 Å². The lowest BCUT2D eigenvalue weighted by atomic mass is 9.98. The molecule has 150 valence electrons. The maximum Gasteiger partial charge on any atom is 0.269 e. The number of anilines is 2. The van der Waals surface area contributed by atoms with Crippen LogP contribution in [0.3, 0.4) is 0 Å². The van der Waals surface area contributed by atoms with Crippen LogP contribution in [0.15, 0.2) is 75.8 Å². The molecule has 0 bridgehead atoms. The summed E-state index contributed by atoms with van der Waals surface area (Å²) < 4.78 is 0.755. The maximum atomic E-state index is 13.1. The number of nitrogens with zero attached hydrogens (tertiary/aromatic N) is 3. The smallest absolute Gasteiger partial charge is 0.269 e. The van der Waals surface area contributed by atoms with Gasteiger partial charge in [-0.05, 0) is 55.5 Å². The quantitative estimate of drug-likeness (QED) is 0.413. The van der Waals surface area contributed by atoms with Crippen molar-refractivity contribution < 1.29 is 14.4 Å². The zero-order valence-electron chi connectivity index (χ0n) is 15.7. The van der Waals surface area contributed by atoms with Crippen molar-refractivity contribution in [2.45, 2.75) is 6.92 Å². The number of para-hydroxylation sites is 1. The Bertz CT molecular complexity index is 1150. The van der Waals surface area contributed by atoms with E-state index in [9.17, 15) is 14.4 Å². The molecule has 1 saturated heterocycles. The highest BCUT2D eigenvalue weighted by atomic mass is 79.9. The molecule has 0 unspecified atom stereocenters. The third kappa shape index (κ3) is 3.57. The molecule has 30 heavy (non-hydrogen) atoms. The van der Waals surface area contributed by atoms with Crippen LogP contribution in [0, 0.1) is 5.92 Å². The van der Waals surface area contributed by atoms with Crippen LogP contribution in [0.4, 0.5) is 11.4 Å². The van der Waals surface area contributed by atoms with Crippen molar-refractivity contribution in [1.29, 1.82) is 0 Å². The fraction of sp³-hybridized carbons (Fsp3) is 0.0952. The first-order valence-corrected chi connectivity index (χ1v) is 10.2. The molecule has 2 aromatic carbocycles. The topological polar surface area (TPSA) is 82.1 Å². The molecule has 1 N–H and O–H groups in total. The summed E-state index contributed by atoms with van der Waals surface area (Å²) in [4.78, 5) is 39.8. The van der Waals surface area contributed by atoms with Crippen LogP contribution in [0.5, 0.6) is 0 Å². The van der Waals surface area contributed by atoms with E-state index in [0.29, 0.717) is 17.1 Å². The van der Waals surface area contributed by atoms with Gasteiger partial charge in [0.1, 0.15) is 5.57 Å². The first kappa shape index (κ1) is 20.1. The molecule has 7 nitrogen and oxygen atoms in total. The fourth-order valence-corrected chi connectivity index (χ4v) is 3.89. The SMILES string of the molecule is CC1=NN(c2ccccc2)C(=O)[C@@H]1/C=C1\C(=O)NC(=S)N(c2cccc(Br)c2)C1=O. The highest BCUT2D eigenvalue weighted by molar-refractivity contribution is 9.10. The van der Waals surface area contributed by atoms with Gasteiger partial charge in [-0.1, -0.05) is 40.2 Å². The first-order chi connectivity index (χ1) is 14.4. The molecule has 0 radical (unpaired) electrons. The molecule has 4 rings (SSSR count). The number of carbonyl (C=O) groups excluding carboxylic acids is 3. The van der Waals surface area contributed by atoms with Gasteiger partial charge in [-0.3, -0.25) is 24.6 Å². The van der Waals surface area contributed by atoms with E-state index in [2.05, 4.69) is 26.3 Å². The van der Waals surface area contributed by atoms with Gasteiger partial charge in [0.15, 0.2) is 5.11 Å². The molecular formula is C21H15BrN4O3S. The van der Waals surface area contributed by atoms with E-state index in [-0.39, 0.29) is 16.6 Å². The van der Waals surface area contributed by atoms with Crippen molar-refractivity contribution in [1.82, 2.24) is 5.32 Å². The monoisotopic (exact) mass is 482 g/mol. The van der Waals surface area contributed by atoms with Crippen molar-refractivity contribution in [3.63, 3.8) is 0 Å². The van der Waals surface area contributed by atoms with Gasteiger partial charge in [-0.15, -0.1) is 0 Å². The standard InChI is InChI=1S/C21H15BrN4O3S/c1-12-16(20(29)26(24-12)14-7-3-2-4-8-14)11-17-18(27)23-21(30)25(19(17)28)15-9-5-6-13(22)10-15/h2-11,16H,1H3,(H,23,27,30)/b17-11+/t16-/m1/s1. The molecule has 0 spiro atoms. The van der Waals surface area contributed by atoms with Crippen LogP contribution in [0.25, 0.3) is 0 Å². The van der Waals surface area contributed by atoms with Gasteiger partial charge in [-0.2, -0.15) is 10.1 Å². The third-order valence-electron chi connectivity index (χ3n) is 4.68. The molecule has 2 aliphatic rings. The van der Waals surface area contributed by atoms with Gasteiger partial charge >= 0.3 is 0 Å². The van der Waals surface area contributed by atoms with E-state index in [1.54, 1.807) is 49.4 Å². The summed E-state index contributed by atoms with van der Waals surface area (Å²) in [6.45, 7) is 1.69. The average molecular weight is 483 g/mol. The van der Waals surface area contributed by atoms with Crippen molar-refractivity contribution in [2.75, 3.05) is 9.91 Å². The van der Waals surface area contributed by atoms with E-state index in [0.717, 1.165) is 4.47 Å². The predicted molar refractivity (Wildman–Crippen MR) is 121 cm³/mol. The fourth-order valence-electron chi connectivity index (χ4n) is 3.22. The predicted octanol–water partition coefficient (Wildman–Crippen LogP) is 3.16. The zero-order chi connectivity index (χ0) is 21.4. The molecule has 9 heteroatoms. The van der Waals surface area contributed by atoms with Crippen molar-refractivity contribution in [3.8, 4) is 0 Å². The molecule has 2 aromatic rings. The largest absolute Gasteiger partial charge is 0.298 e. The number of rotatable bonds is 3. The summed E-state index contributed by atoms with van der Waals surface area (Å²) in [7, 11) is 0. The van der Waals surface area contributed by atoms with E-state index in [4.69, 9.17) is 12.2 Å². The lowest BCUT2D eigenvalue weighted by Crippen LogP contribution is -2.54. The van der Waals surface area contributed by atoms with Crippen molar-refractivity contribution >= 4 is 68.1 Å². The number of hydrogen-bond acceptors (Lipinski definition) is 5. The molecule has 2 heterocycles. The van der Waals surface area contributed by atoms with E-state index in [1.165, 1.54) is 16.0 Å². The average Bonchev–Trinajstić information content (AvgIpc) is 2.99. The molecule has 0 aliphatic carbocycles. The number of nitrogens with one attached hydrogen (secondary N) is 1. The number of hydrogen-bond donors (Lipinski definition) is 1. The summed E-state index contributed by atoms with van der Waals surface area (Å²) in [6.07, 6.45) is 1.36. The Labute approximate surface area is 186 Å². The third-order valence-corrected chi connectivity index (χ3v) is 5.46. The van der Waals surface area contributed by atoms with Gasteiger partial charge in [0.05, 0.1) is 23.0 Å². The number of benzene rings is 2. The molecule has 0 aromatic heterocycles. The zero-order valence-corrected chi connectivity index (χ0v) is 18.1. The Morgan fingerprint density at radius 1 is 1.07 bits per heavy atom. The van der Waals surface area contributed by atoms with Crippen LogP contribution >= 0.6 is 28.1 Å². The van der Waals surface area contributed by atoms with Gasteiger partial charge in [-0.25, -0.2) is 0 Å². The molecule has 1 fully saturated rings. The molecule has 0 saturated carbocycles. The maximum absolute atomic E-state index is 13.1. The Hall–Kier alpha value is -3.17. The number of halogens is 1. The normalized spacial score (nSPS) is 20.7. The highest BCUT2D eigenvalue weighted by Gasteiger charge is 2.39. The Kier molecular flexibility index (Phi) is 5.31. The van der Waals surface area contributed by atoms with Crippen LogP contribution in [0.1, 0.15) is 6.92 Å². The van der Waals surface area contributed by atoms with Crippen molar-refractivity contribution in [3.05, 3.63) is 70.7 Å².